The Morgan fingerprint density at radius 2 is 1.25 bits per heavy atom. The molecule has 24 heavy (non-hydrogen) atoms. The lowest BCUT2D eigenvalue weighted by Gasteiger charge is -2.15. The average Bonchev–Trinajstić information content (AvgIpc) is 2.55. The van der Waals surface area contributed by atoms with E-state index in [0.29, 0.717) is 24.5 Å². The molecule has 0 atom stereocenters. The summed E-state index contributed by atoms with van der Waals surface area (Å²) in [6, 6.07) is 0. The fraction of sp³-hybridized carbons (Fsp3) is 0.500. The minimum atomic E-state index is -0.587. The predicted molar refractivity (Wildman–Crippen MR) is 108 cm³/mol. The topological polar surface area (TPSA) is 52.6 Å². The van der Waals surface area contributed by atoms with Gasteiger partial charge in [0, 0.05) is 17.9 Å². The Kier molecular flexibility index (Phi) is 10.1. The summed E-state index contributed by atoms with van der Waals surface area (Å²) in [4.78, 5) is 24.8. The van der Waals surface area contributed by atoms with Gasteiger partial charge < -0.3 is 9.47 Å². The maximum absolute atomic E-state index is 12.5. The third-order valence-corrected chi connectivity index (χ3v) is 7.95. The van der Waals surface area contributed by atoms with Crippen molar-refractivity contribution in [2.24, 2.45) is 0 Å². The summed E-state index contributed by atoms with van der Waals surface area (Å²) in [7, 11) is 0. The van der Waals surface area contributed by atoms with Gasteiger partial charge in [0.25, 0.3) is 0 Å². The monoisotopic (exact) mass is 590 g/mol. The minimum Gasteiger partial charge on any atom is -0.462 e. The first kappa shape index (κ1) is 22.1. The van der Waals surface area contributed by atoms with Crippen LogP contribution >= 0.6 is 63.7 Å². The summed E-state index contributed by atoms with van der Waals surface area (Å²) < 4.78 is 12.5. The van der Waals surface area contributed by atoms with Crippen LogP contribution in [0.5, 0.6) is 0 Å². The van der Waals surface area contributed by atoms with Crippen molar-refractivity contribution in [1.29, 1.82) is 0 Å². The minimum absolute atomic E-state index is 0.136. The Morgan fingerprint density at radius 1 is 0.750 bits per heavy atom. The molecule has 1 rings (SSSR count). The van der Waals surface area contributed by atoms with Crippen LogP contribution in [0.15, 0.2) is 17.9 Å². The van der Waals surface area contributed by atoms with E-state index in [1.807, 2.05) is 0 Å². The van der Waals surface area contributed by atoms with Crippen LogP contribution in [0.25, 0.3) is 0 Å². The summed E-state index contributed by atoms with van der Waals surface area (Å²) in [5, 5.41) is 0. The largest absolute Gasteiger partial charge is 0.462 e. The van der Waals surface area contributed by atoms with E-state index < -0.39 is 11.9 Å². The zero-order valence-electron chi connectivity index (χ0n) is 13.4. The zero-order valence-corrected chi connectivity index (χ0v) is 19.7. The van der Waals surface area contributed by atoms with Crippen LogP contribution in [0.4, 0.5) is 0 Å². The number of ether oxygens (including phenoxy) is 2. The molecule has 0 fully saturated rings. The van der Waals surface area contributed by atoms with E-state index in [1.165, 1.54) is 0 Å². The molecule has 0 unspecified atom stereocenters. The smallest absolute Gasteiger partial charge is 0.340 e. The molecule has 0 spiro atoms. The summed E-state index contributed by atoms with van der Waals surface area (Å²) in [5.41, 5.74) is 0.281. The second kappa shape index (κ2) is 10.9. The Labute approximate surface area is 175 Å². The first-order valence-corrected chi connectivity index (χ1v) is 10.7. The van der Waals surface area contributed by atoms with Crippen LogP contribution in [-0.2, 0) is 9.47 Å². The van der Waals surface area contributed by atoms with Gasteiger partial charge in [-0.15, -0.1) is 0 Å². The van der Waals surface area contributed by atoms with E-state index in [4.69, 9.17) is 9.47 Å². The lowest BCUT2D eigenvalue weighted by Crippen LogP contribution is -2.17. The molecule has 134 valence electrons. The van der Waals surface area contributed by atoms with E-state index in [-0.39, 0.29) is 17.7 Å². The van der Waals surface area contributed by atoms with Crippen molar-refractivity contribution in [3.8, 4) is 0 Å². The normalized spacial score (nSPS) is 10.6. The number of unbranched alkanes of at least 4 members (excludes halogenated alkanes) is 3. The Morgan fingerprint density at radius 3 is 1.71 bits per heavy atom. The molecule has 0 aromatic heterocycles. The van der Waals surface area contributed by atoms with Crippen LogP contribution < -0.4 is 0 Å². The van der Waals surface area contributed by atoms with Gasteiger partial charge in [-0.3, -0.25) is 0 Å². The van der Waals surface area contributed by atoms with Gasteiger partial charge in [0.05, 0.1) is 24.3 Å². The number of hydrogen-bond acceptors (Lipinski definition) is 4. The molecular weight excluding hydrogens is 576 g/mol. The van der Waals surface area contributed by atoms with E-state index >= 15 is 0 Å². The standard InChI is InChI=1S/C16H18Br4O4/c1-3-5-6-7-8-24-16(22)10-9(15(21)23-4-2)11(17)13(19)14(20)12(10)18/h3-8H2,1-2H3. The Bertz CT molecular complexity index is 617. The molecule has 0 radical (unpaired) electrons. The highest BCUT2D eigenvalue weighted by Crippen LogP contribution is 2.42. The van der Waals surface area contributed by atoms with Crippen molar-refractivity contribution in [2.45, 2.75) is 39.5 Å². The van der Waals surface area contributed by atoms with Gasteiger partial charge >= 0.3 is 11.9 Å². The Hall–Kier alpha value is 0.0800. The lowest BCUT2D eigenvalue weighted by molar-refractivity contribution is 0.0460. The maximum Gasteiger partial charge on any atom is 0.340 e. The van der Waals surface area contributed by atoms with Gasteiger partial charge in [0.1, 0.15) is 0 Å². The SMILES string of the molecule is CCCCCCOC(=O)c1c(Br)c(Br)c(Br)c(Br)c1C(=O)OCC. The molecular formula is C16H18Br4O4. The highest BCUT2D eigenvalue weighted by molar-refractivity contribution is 9.15. The lowest BCUT2D eigenvalue weighted by atomic mass is 10.1. The van der Waals surface area contributed by atoms with Gasteiger partial charge in [-0.1, -0.05) is 26.2 Å². The predicted octanol–water partition coefficient (Wildman–Crippen LogP) is 6.65. The summed E-state index contributed by atoms with van der Waals surface area (Å²) in [5.74, 6) is -1.15. The molecule has 0 saturated heterocycles. The molecule has 1 aromatic carbocycles. The van der Waals surface area contributed by atoms with Gasteiger partial charge in [-0.05, 0) is 77.1 Å². The number of rotatable bonds is 8. The van der Waals surface area contributed by atoms with E-state index in [0.717, 1.165) is 25.7 Å². The van der Waals surface area contributed by atoms with Crippen molar-refractivity contribution in [1.82, 2.24) is 0 Å². The highest BCUT2D eigenvalue weighted by atomic mass is 79.9. The first-order valence-electron chi connectivity index (χ1n) is 7.56. The fourth-order valence-electron chi connectivity index (χ4n) is 1.98. The second-order valence-corrected chi connectivity index (χ2v) is 8.09. The number of hydrogen-bond donors (Lipinski definition) is 0. The third kappa shape index (κ3) is 5.54. The zero-order chi connectivity index (χ0) is 18.3. The molecule has 1 aromatic rings. The van der Waals surface area contributed by atoms with Crippen molar-refractivity contribution < 1.29 is 19.1 Å². The molecule has 0 saturated carbocycles. The molecule has 0 aliphatic rings. The van der Waals surface area contributed by atoms with Gasteiger partial charge in [0.2, 0.25) is 0 Å². The van der Waals surface area contributed by atoms with Crippen molar-refractivity contribution in [3.05, 3.63) is 29.0 Å². The van der Waals surface area contributed by atoms with Crippen molar-refractivity contribution in [2.75, 3.05) is 13.2 Å². The molecule has 0 heterocycles. The number of halogens is 4. The van der Waals surface area contributed by atoms with E-state index in [2.05, 4.69) is 70.6 Å². The highest BCUT2D eigenvalue weighted by Gasteiger charge is 2.29. The number of carbonyl (C=O) groups is 2. The molecule has 4 nitrogen and oxygen atoms in total. The van der Waals surface area contributed by atoms with Crippen LogP contribution in [-0.4, -0.2) is 25.2 Å². The molecule has 0 aliphatic carbocycles. The fourth-order valence-corrected chi connectivity index (χ4v) is 4.43. The number of esters is 2. The summed E-state index contributed by atoms with van der Waals surface area (Å²) >= 11 is 13.5. The van der Waals surface area contributed by atoms with Gasteiger partial charge in [-0.2, -0.15) is 0 Å². The summed E-state index contributed by atoms with van der Waals surface area (Å²) in [6.07, 6.45) is 4.01. The summed E-state index contributed by atoms with van der Waals surface area (Å²) in [6.45, 7) is 4.35. The average molecular weight is 594 g/mol. The van der Waals surface area contributed by atoms with E-state index in [1.54, 1.807) is 6.92 Å². The maximum atomic E-state index is 12.5. The quantitative estimate of drug-likeness (QED) is 0.147. The Balaban J connectivity index is 3.15. The molecule has 0 aliphatic heterocycles. The van der Waals surface area contributed by atoms with Crippen LogP contribution in [0, 0.1) is 0 Å². The number of carbonyl (C=O) groups excluding carboxylic acids is 2. The molecule has 0 bridgehead atoms. The van der Waals surface area contributed by atoms with Gasteiger partial charge in [-0.25, -0.2) is 9.59 Å². The third-order valence-electron chi connectivity index (χ3n) is 3.18. The molecule has 0 N–H and O–H groups in total. The van der Waals surface area contributed by atoms with Gasteiger partial charge in [0.15, 0.2) is 0 Å². The van der Waals surface area contributed by atoms with Crippen LogP contribution in [0.1, 0.15) is 60.2 Å². The molecule has 0 amide bonds. The van der Waals surface area contributed by atoms with E-state index in [9.17, 15) is 9.59 Å². The van der Waals surface area contributed by atoms with Crippen LogP contribution in [0.2, 0.25) is 0 Å². The first-order chi connectivity index (χ1) is 11.4. The second-order valence-electron chi connectivity index (χ2n) is 4.92. The van der Waals surface area contributed by atoms with Crippen molar-refractivity contribution >= 4 is 75.7 Å². The number of benzene rings is 1. The van der Waals surface area contributed by atoms with Crippen molar-refractivity contribution in [3.63, 3.8) is 0 Å². The van der Waals surface area contributed by atoms with Crippen LogP contribution in [0.3, 0.4) is 0 Å². The molecule has 8 heteroatoms.